The number of nitriles is 1. The molecule has 2 aromatic carbocycles. The smallest absolute Gasteiger partial charge is 0.123 e. The van der Waals surface area contributed by atoms with E-state index in [0.717, 1.165) is 18.4 Å². The van der Waals surface area contributed by atoms with E-state index < -0.39 is 0 Å². The van der Waals surface area contributed by atoms with E-state index in [1.54, 1.807) is 12.1 Å². The first-order valence-electron chi connectivity index (χ1n) is 7.93. The number of halogens is 1. The number of allylic oxidation sites excluding steroid dienone is 2. The predicted molar refractivity (Wildman–Crippen MR) is 87.0 cm³/mol. The fraction of sp³-hybridized carbons (Fsp3) is 0.250. The van der Waals surface area contributed by atoms with Crippen molar-refractivity contribution in [3.8, 4) is 6.07 Å². The third-order valence-corrected chi connectivity index (χ3v) is 5.30. The lowest BCUT2D eigenvalue weighted by atomic mass is 9.71. The second-order valence-electron chi connectivity index (χ2n) is 6.39. The molecule has 0 bridgehead atoms. The molecule has 0 amide bonds. The fourth-order valence-corrected chi connectivity index (χ4v) is 4.32. The summed E-state index contributed by atoms with van der Waals surface area (Å²) in [6.45, 7) is 0. The summed E-state index contributed by atoms with van der Waals surface area (Å²) in [5.74, 6) is 0.0985. The molecule has 0 spiro atoms. The van der Waals surface area contributed by atoms with Gasteiger partial charge in [-0.15, -0.1) is 0 Å². The average Bonchev–Trinajstić information content (AvgIpc) is 2.88. The van der Waals surface area contributed by atoms with Crippen molar-refractivity contribution in [2.75, 3.05) is 0 Å². The quantitative estimate of drug-likeness (QED) is 0.865. The summed E-state index contributed by atoms with van der Waals surface area (Å²) in [5, 5.41) is 9.66. The minimum absolute atomic E-state index is 0.0287. The zero-order valence-corrected chi connectivity index (χ0v) is 12.7. The molecule has 3 heteroatoms. The van der Waals surface area contributed by atoms with E-state index in [1.807, 2.05) is 6.07 Å². The molecule has 2 aliphatic rings. The monoisotopic (exact) mass is 304 g/mol. The number of aryl methyl sites for hydroxylation is 1. The summed E-state index contributed by atoms with van der Waals surface area (Å²) in [4.78, 5) is 0. The van der Waals surface area contributed by atoms with E-state index in [1.165, 1.54) is 23.3 Å². The lowest BCUT2D eigenvalue weighted by Crippen LogP contribution is -2.23. The number of hydrogen-bond donors (Lipinski definition) is 1. The first-order chi connectivity index (χ1) is 11.2. The van der Waals surface area contributed by atoms with Crippen LogP contribution in [0, 0.1) is 23.1 Å². The Hall–Kier alpha value is -2.60. The van der Waals surface area contributed by atoms with Crippen molar-refractivity contribution in [1.29, 1.82) is 5.26 Å². The van der Waals surface area contributed by atoms with Gasteiger partial charge in [-0.25, -0.2) is 4.39 Å². The highest BCUT2D eigenvalue weighted by Crippen LogP contribution is 2.54. The van der Waals surface area contributed by atoms with Crippen molar-refractivity contribution in [2.45, 2.75) is 24.7 Å². The van der Waals surface area contributed by atoms with Gasteiger partial charge in [-0.05, 0) is 47.6 Å². The van der Waals surface area contributed by atoms with Gasteiger partial charge in [0.25, 0.3) is 0 Å². The Bertz CT molecular complexity index is 829. The molecule has 0 saturated carbocycles. The standard InChI is InChI=1S/C20H17FN2/c21-14-8-5-13(6-9-14)18-16-10-7-12-3-1-2-4-15(12)19(16)20(23)17(18)11-22/h1-6,8-9,16,18-19H,7,10,23H2/t16-,18+,19-/m0/s1. The summed E-state index contributed by atoms with van der Waals surface area (Å²) in [6.07, 6.45) is 2.00. The normalized spacial score (nSPS) is 25.7. The first kappa shape index (κ1) is 14.0. The number of hydrogen-bond acceptors (Lipinski definition) is 2. The Morgan fingerprint density at radius 3 is 2.52 bits per heavy atom. The van der Waals surface area contributed by atoms with Crippen molar-refractivity contribution in [3.05, 3.63) is 82.3 Å². The highest BCUT2D eigenvalue weighted by atomic mass is 19.1. The number of benzene rings is 2. The van der Waals surface area contributed by atoms with E-state index >= 15 is 0 Å². The zero-order valence-electron chi connectivity index (χ0n) is 12.7. The molecule has 114 valence electrons. The Morgan fingerprint density at radius 2 is 1.78 bits per heavy atom. The van der Waals surface area contributed by atoms with Crippen LogP contribution >= 0.6 is 0 Å². The molecule has 2 nitrogen and oxygen atoms in total. The average molecular weight is 304 g/mol. The molecule has 0 aliphatic heterocycles. The molecule has 0 saturated heterocycles. The van der Waals surface area contributed by atoms with E-state index in [4.69, 9.17) is 5.73 Å². The molecule has 2 aromatic rings. The van der Waals surface area contributed by atoms with Gasteiger partial charge in [0.2, 0.25) is 0 Å². The van der Waals surface area contributed by atoms with Crippen molar-refractivity contribution >= 4 is 0 Å². The molecule has 0 aromatic heterocycles. The molecule has 0 fully saturated rings. The third-order valence-electron chi connectivity index (χ3n) is 5.30. The molecule has 3 atom stereocenters. The van der Waals surface area contributed by atoms with Gasteiger partial charge in [0, 0.05) is 17.5 Å². The largest absolute Gasteiger partial charge is 0.401 e. The highest BCUT2D eigenvalue weighted by molar-refractivity contribution is 5.53. The molecular formula is C20H17FN2. The molecule has 23 heavy (non-hydrogen) atoms. The van der Waals surface area contributed by atoms with Gasteiger partial charge in [-0.2, -0.15) is 5.26 Å². The summed E-state index contributed by atoms with van der Waals surface area (Å²) < 4.78 is 13.3. The molecule has 0 unspecified atom stereocenters. The first-order valence-corrected chi connectivity index (χ1v) is 7.93. The van der Waals surface area contributed by atoms with Gasteiger partial charge < -0.3 is 5.73 Å². The molecule has 0 heterocycles. The van der Waals surface area contributed by atoms with E-state index in [-0.39, 0.29) is 23.6 Å². The number of rotatable bonds is 1. The number of nitrogens with zero attached hydrogens (tertiary/aromatic N) is 1. The molecule has 4 rings (SSSR count). The van der Waals surface area contributed by atoms with Crippen LogP contribution in [0.5, 0.6) is 0 Å². The van der Waals surface area contributed by atoms with Crippen LogP contribution < -0.4 is 5.73 Å². The van der Waals surface area contributed by atoms with Crippen LogP contribution in [0.25, 0.3) is 0 Å². The van der Waals surface area contributed by atoms with Gasteiger partial charge >= 0.3 is 0 Å². The Kier molecular flexibility index (Phi) is 3.20. The Balaban J connectivity index is 1.85. The highest BCUT2D eigenvalue weighted by Gasteiger charge is 2.45. The van der Waals surface area contributed by atoms with Crippen molar-refractivity contribution < 1.29 is 4.39 Å². The Morgan fingerprint density at radius 1 is 1.04 bits per heavy atom. The van der Waals surface area contributed by atoms with Crippen LogP contribution in [-0.2, 0) is 6.42 Å². The van der Waals surface area contributed by atoms with E-state index in [0.29, 0.717) is 11.3 Å². The molecule has 0 radical (unpaired) electrons. The lowest BCUT2D eigenvalue weighted by molar-refractivity contribution is 0.395. The maximum Gasteiger partial charge on any atom is 0.123 e. The van der Waals surface area contributed by atoms with Gasteiger partial charge in [-0.3, -0.25) is 0 Å². The molecule has 2 aliphatic carbocycles. The van der Waals surface area contributed by atoms with Gasteiger partial charge in [0.15, 0.2) is 0 Å². The topological polar surface area (TPSA) is 49.8 Å². The summed E-state index contributed by atoms with van der Waals surface area (Å²) in [6, 6.07) is 17.2. The minimum atomic E-state index is -0.257. The number of nitrogens with two attached hydrogens (primary N) is 1. The van der Waals surface area contributed by atoms with Crippen LogP contribution in [-0.4, -0.2) is 0 Å². The van der Waals surface area contributed by atoms with E-state index in [9.17, 15) is 9.65 Å². The van der Waals surface area contributed by atoms with Crippen LogP contribution in [0.4, 0.5) is 4.39 Å². The lowest BCUT2D eigenvalue weighted by Gasteiger charge is -2.32. The van der Waals surface area contributed by atoms with Crippen LogP contribution in [0.2, 0.25) is 0 Å². The van der Waals surface area contributed by atoms with Gasteiger partial charge in [-0.1, -0.05) is 36.4 Å². The summed E-state index contributed by atoms with van der Waals surface area (Å²) in [5.41, 5.74) is 11.3. The molecule has 2 N–H and O–H groups in total. The third kappa shape index (κ3) is 2.06. The predicted octanol–water partition coefficient (Wildman–Crippen LogP) is 4.01. The summed E-state index contributed by atoms with van der Waals surface area (Å²) >= 11 is 0. The summed E-state index contributed by atoms with van der Waals surface area (Å²) in [7, 11) is 0. The van der Waals surface area contributed by atoms with Crippen LogP contribution in [0.1, 0.15) is 34.9 Å². The maximum atomic E-state index is 13.3. The molecular weight excluding hydrogens is 287 g/mol. The Labute approximate surface area is 135 Å². The minimum Gasteiger partial charge on any atom is -0.401 e. The van der Waals surface area contributed by atoms with Crippen LogP contribution in [0.3, 0.4) is 0 Å². The van der Waals surface area contributed by atoms with Crippen molar-refractivity contribution in [2.24, 2.45) is 11.7 Å². The number of fused-ring (bicyclic) bond motifs is 3. The maximum absolute atomic E-state index is 13.3. The van der Waals surface area contributed by atoms with Crippen molar-refractivity contribution in [3.63, 3.8) is 0 Å². The second kappa shape index (κ2) is 5.24. The van der Waals surface area contributed by atoms with Gasteiger partial charge in [0.1, 0.15) is 5.82 Å². The fourth-order valence-electron chi connectivity index (χ4n) is 4.32. The zero-order chi connectivity index (χ0) is 16.0. The SMILES string of the molecule is N#CC1=C(N)[C@H]2c3ccccc3CC[C@H]2[C@H]1c1ccc(F)cc1. The van der Waals surface area contributed by atoms with E-state index in [2.05, 4.69) is 24.3 Å². The van der Waals surface area contributed by atoms with Crippen LogP contribution in [0.15, 0.2) is 59.8 Å². The second-order valence-corrected chi connectivity index (χ2v) is 6.39. The van der Waals surface area contributed by atoms with Crippen molar-refractivity contribution in [1.82, 2.24) is 0 Å². The van der Waals surface area contributed by atoms with Gasteiger partial charge in [0.05, 0.1) is 11.6 Å².